The van der Waals surface area contributed by atoms with Crippen molar-refractivity contribution in [2.24, 2.45) is 5.92 Å². The standard InChI is InChI=1S/C13H22F2N4O2/c1-2-3-10(4-5-20)6-16-13(21)18-11-7-17-19(8-11)9-12(14)15/h7-8,10,12,20H,2-6,9H2,1H3,(H2,16,18,21). The molecule has 6 nitrogen and oxygen atoms in total. The van der Waals surface area contributed by atoms with Crippen LogP contribution in [0.4, 0.5) is 19.3 Å². The van der Waals surface area contributed by atoms with Crippen molar-refractivity contribution >= 4 is 11.7 Å². The van der Waals surface area contributed by atoms with E-state index in [1.54, 1.807) is 0 Å². The van der Waals surface area contributed by atoms with Crippen molar-refractivity contribution in [3.05, 3.63) is 12.4 Å². The van der Waals surface area contributed by atoms with Gasteiger partial charge in [-0.1, -0.05) is 13.3 Å². The summed E-state index contributed by atoms with van der Waals surface area (Å²) < 4.78 is 25.4. The van der Waals surface area contributed by atoms with Crippen molar-refractivity contribution in [3.8, 4) is 0 Å². The van der Waals surface area contributed by atoms with E-state index >= 15 is 0 Å². The lowest BCUT2D eigenvalue weighted by molar-refractivity contribution is 0.122. The first-order chi connectivity index (χ1) is 10.0. The van der Waals surface area contributed by atoms with E-state index in [0.29, 0.717) is 18.7 Å². The number of hydrogen-bond donors (Lipinski definition) is 3. The molecule has 0 saturated carbocycles. The van der Waals surface area contributed by atoms with Crippen molar-refractivity contribution in [1.29, 1.82) is 0 Å². The molecule has 0 radical (unpaired) electrons. The van der Waals surface area contributed by atoms with Gasteiger partial charge in [0.1, 0.15) is 6.54 Å². The lowest BCUT2D eigenvalue weighted by atomic mass is 10.0. The van der Waals surface area contributed by atoms with Gasteiger partial charge in [0.05, 0.1) is 11.9 Å². The monoisotopic (exact) mass is 304 g/mol. The average molecular weight is 304 g/mol. The maximum Gasteiger partial charge on any atom is 0.319 e. The van der Waals surface area contributed by atoms with E-state index in [4.69, 9.17) is 5.11 Å². The smallest absolute Gasteiger partial charge is 0.319 e. The second kappa shape index (κ2) is 9.28. The van der Waals surface area contributed by atoms with Crippen LogP contribution >= 0.6 is 0 Å². The molecule has 1 unspecified atom stereocenters. The quantitative estimate of drug-likeness (QED) is 0.653. The van der Waals surface area contributed by atoms with Gasteiger partial charge in [-0.3, -0.25) is 4.68 Å². The van der Waals surface area contributed by atoms with E-state index in [9.17, 15) is 13.6 Å². The van der Waals surface area contributed by atoms with Gasteiger partial charge in [-0.05, 0) is 18.8 Å². The maximum absolute atomic E-state index is 12.2. The van der Waals surface area contributed by atoms with Crippen LogP contribution in [0.25, 0.3) is 0 Å². The van der Waals surface area contributed by atoms with Crippen LogP contribution in [-0.2, 0) is 6.54 Å². The molecule has 0 saturated heterocycles. The number of rotatable bonds is 9. The second-order valence-corrected chi connectivity index (χ2v) is 4.84. The first kappa shape index (κ1) is 17.4. The van der Waals surface area contributed by atoms with Crippen molar-refractivity contribution in [2.45, 2.75) is 39.2 Å². The fraction of sp³-hybridized carbons (Fsp3) is 0.692. The van der Waals surface area contributed by atoms with Crippen molar-refractivity contribution in [2.75, 3.05) is 18.5 Å². The molecule has 3 N–H and O–H groups in total. The van der Waals surface area contributed by atoms with Crippen LogP contribution in [0.1, 0.15) is 26.2 Å². The molecule has 1 aromatic heterocycles. The van der Waals surface area contributed by atoms with E-state index in [0.717, 1.165) is 17.5 Å². The van der Waals surface area contributed by atoms with Crippen LogP contribution < -0.4 is 10.6 Å². The average Bonchev–Trinajstić information content (AvgIpc) is 2.83. The van der Waals surface area contributed by atoms with E-state index in [1.807, 2.05) is 6.92 Å². The second-order valence-electron chi connectivity index (χ2n) is 4.84. The topological polar surface area (TPSA) is 79.2 Å². The van der Waals surface area contributed by atoms with Gasteiger partial charge in [-0.2, -0.15) is 5.10 Å². The molecule has 1 rings (SSSR count). The van der Waals surface area contributed by atoms with Crippen molar-refractivity contribution in [1.82, 2.24) is 15.1 Å². The van der Waals surface area contributed by atoms with Gasteiger partial charge < -0.3 is 15.7 Å². The molecule has 2 amide bonds. The zero-order chi connectivity index (χ0) is 15.7. The first-order valence-corrected chi connectivity index (χ1v) is 7.01. The summed E-state index contributed by atoms with van der Waals surface area (Å²) in [5.74, 6) is 0.229. The highest BCUT2D eigenvalue weighted by molar-refractivity contribution is 5.88. The third-order valence-electron chi connectivity index (χ3n) is 3.00. The van der Waals surface area contributed by atoms with Gasteiger partial charge >= 0.3 is 6.03 Å². The van der Waals surface area contributed by atoms with Gasteiger partial charge in [-0.15, -0.1) is 0 Å². The molecule has 1 heterocycles. The summed E-state index contributed by atoms with van der Waals surface area (Å²) >= 11 is 0. The van der Waals surface area contributed by atoms with E-state index in [-0.39, 0.29) is 12.5 Å². The fourth-order valence-electron chi connectivity index (χ4n) is 2.02. The van der Waals surface area contributed by atoms with E-state index < -0.39 is 19.0 Å². The molecule has 0 aliphatic heterocycles. The molecular formula is C13H22F2N4O2. The van der Waals surface area contributed by atoms with Gasteiger partial charge in [0.25, 0.3) is 6.43 Å². The minimum absolute atomic E-state index is 0.0916. The number of hydrogen-bond acceptors (Lipinski definition) is 3. The Kier molecular flexibility index (Phi) is 7.66. The summed E-state index contributed by atoms with van der Waals surface area (Å²) in [5.41, 5.74) is 0.363. The number of nitrogens with zero attached hydrogens (tertiary/aromatic N) is 2. The number of amides is 2. The van der Waals surface area contributed by atoms with Crippen LogP contribution in [0.5, 0.6) is 0 Å². The zero-order valence-corrected chi connectivity index (χ0v) is 12.1. The lowest BCUT2D eigenvalue weighted by Crippen LogP contribution is -2.33. The summed E-state index contributed by atoms with van der Waals surface area (Å²) in [6.07, 6.45) is 2.73. The summed E-state index contributed by atoms with van der Waals surface area (Å²) in [5, 5.41) is 17.9. The third kappa shape index (κ3) is 7.03. The van der Waals surface area contributed by atoms with Crippen LogP contribution in [0.15, 0.2) is 12.4 Å². The van der Waals surface area contributed by atoms with Gasteiger partial charge in [0, 0.05) is 19.3 Å². The minimum atomic E-state index is -2.49. The fourth-order valence-corrected chi connectivity index (χ4v) is 2.02. The summed E-state index contributed by atoms with van der Waals surface area (Å²) in [6, 6.07) is -0.411. The number of anilines is 1. The summed E-state index contributed by atoms with van der Waals surface area (Å²) in [6.45, 7) is 2.10. The van der Waals surface area contributed by atoms with Crippen LogP contribution in [0.2, 0.25) is 0 Å². The lowest BCUT2D eigenvalue weighted by Gasteiger charge is -2.15. The van der Waals surface area contributed by atoms with Crippen LogP contribution in [0, 0.1) is 5.92 Å². The third-order valence-corrected chi connectivity index (χ3v) is 3.00. The van der Waals surface area contributed by atoms with E-state index in [1.165, 1.54) is 12.4 Å². The summed E-state index contributed by atoms with van der Waals surface area (Å²) in [7, 11) is 0. The number of carbonyl (C=O) groups is 1. The zero-order valence-electron chi connectivity index (χ0n) is 12.1. The largest absolute Gasteiger partial charge is 0.396 e. The molecule has 0 spiro atoms. The highest BCUT2D eigenvalue weighted by Crippen LogP contribution is 2.10. The molecular weight excluding hydrogens is 282 g/mol. The molecule has 0 fully saturated rings. The number of aliphatic hydroxyl groups excluding tert-OH is 1. The Bertz CT molecular complexity index is 420. The Morgan fingerprint density at radius 2 is 2.24 bits per heavy atom. The molecule has 1 aromatic rings. The highest BCUT2D eigenvalue weighted by Gasteiger charge is 2.11. The Balaban J connectivity index is 2.37. The highest BCUT2D eigenvalue weighted by atomic mass is 19.3. The van der Waals surface area contributed by atoms with E-state index in [2.05, 4.69) is 15.7 Å². The Labute approximate surface area is 122 Å². The number of alkyl halides is 2. The molecule has 8 heteroatoms. The Hall–Kier alpha value is -1.70. The molecule has 0 aliphatic rings. The molecule has 1 atom stereocenters. The number of urea groups is 1. The van der Waals surface area contributed by atoms with Crippen molar-refractivity contribution in [3.63, 3.8) is 0 Å². The minimum Gasteiger partial charge on any atom is -0.396 e. The van der Waals surface area contributed by atoms with Crippen LogP contribution in [0.3, 0.4) is 0 Å². The molecule has 21 heavy (non-hydrogen) atoms. The number of halogens is 2. The molecule has 0 bridgehead atoms. The Morgan fingerprint density at radius 3 is 2.86 bits per heavy atom. The van der Waals surface area contributed by atoms with Crippen LogP contribution in [-0.4, -0.2) is 40.5 Å². The first-order valence-electron chi connectivity index (χ1n) is 7.01. The van der Waals surface area contributed by atoms with Gasteiger partial charge in [-0.25, -0.2) is 13.6 Å². The van der Waals surface area contributed by atoms with Gasteiger partial charge in [0.15, 0.2) is 0 Å². The number of aromatic nitrogens is 2. The number of aliphatic hydroxyl groups is 1. The molecule has 120 valence electrons. The SMILES string of the molecule is CCCC(CCO)CNC(=O)Nc1cnn(CC(F)F)c1. The van der Waals surface area contributed by atoms with Gasteiger partial charge in [0.2, 0.25) is 0 Å². The number of nitrogens with one attached hydrogen (secondary N) is 2. The normalized spacial score (nSPS) is 12.4. The summed E-state index contributed by atoms with van der Waals surface area (Å²) in [4.78, 5) is 11.7. The maximum atomic E-state index is 12.2. The Morgan fingerprint density at radius 1 is 1.48 bits per heavy atom. The number of carbonyl (C=O) groups excluding carboxylic acids is 1. The predicted molar refractivity (Wildman–Crippen MR) is 75.4 cm³/mol. The van der Waals surface area contributed by atoms with Crippen molar-refractivity contribution < 1.29 is 18.7 Å². The molecule has 0 aromatic carbocycles. The molecule has 0 aliphatic carbocycles. The predicted octanol–water partition coefficient (Wildman–Crippen LogP) is 2.07.